The van der Waals surface area contributed by atoms with Gasteiger partial charge >= 0.3 is 6.61 Å². The number of nitrogens with zero attached hydrogens (tertiary/aromatic N) is 2. The van der Waals surface area contributed by atoms with Crippen molar-refractivity contribution in [2.24, 2.45) is 0 Å². The Hall–Kier alpha value is -1.50. The molecule has 0 unspecified atom stereocenters. The van der Waals surface area contributed by atoms with Crippen LogP contribution in [-0.2, 0) is 0 Å². The van der Waals surface area contributed by atoms with E-state index in [9.17, 15) is 8.78 Å². The zero-order valence-electron chi connectivity index (χ0n) is 9.20. The summed E-state index contributed by atoms with van der Waals surface area (Å²) in [6, 6.07) is 0.332. The van der Waals surface area contributed by atoms with Crippen LogP contribution in [0.2, 0.25) is 0 Å². The molecule has 1 fully saturated rings. The van der Waals surface area contributed by atoms with E-state index in [1.54, 1.807) is 0 Å². The predicted octanol–water partition coefficient (Wildman–Crippen LogP) is 1.24. The summed E-state index contributed by atoms with van der Waals surface area (Å²) in [7, 11) is 0. The molecular formula is C10H14F2N4O. The summed E-state index contributed by atoms with van der Waals surface area (Å²) in [5, 5.41) is 6.40. The molecular weight excluding hydrogens is 230 g/mol. The Morgan fingerprint density at radius 1 is 1.29 bits per heavy atom. The molecule has 5 nitrogen and oxygen atoms in total. The molecule has 0 aromatic carbocycles. The predicted molar refractivity (Wildman–Crippen MR) is 58.2 cm³/mol. The van der Waals surface area contributed by atoms with Crippen LogP contribution < -0.4 is 15.4 Å². The van der Waals surface area contributed by atoms with Crippen LogP contribution >= 0.6 is 0 Å². The van der Waals surface area contributed by atoms with Crippen molar-refractivity contribution in [2.75, 3.05) is 18.4 Å². The summed E-state index contributed by atoms with van der Waals surface area (Å²) in [6.07, 6.45) is 4.47. The molecule has 0 bridgehead atoms. The lowest BCUT2D eigenvalue weighted by molar-refractivity contribution is -0.0503. The maximum Gasteiger partial charge on any atom is 0.387 e. The third kappa shape index (κ3) is 3.77. The number of aromatic nitrogens is 2. The number of alkyl halides is 2. The van der Waals surface area contributed by atoms with Crippen molar-refractivity contribution >= 4 is 5.95 Å². The first kappa shape index (κ1) is 12.0. The Morgan fingerprint density at radius 3 is 2.53 bits per heavy atom. The molecule has 1 saturated heterocycles. The summed E-state index contributed by atoms with van der Waals surface area (Å²) in [4.78, 5) is 7.85. The van der Waals surface area contributed by atoms with Crippen LogP contribution in [0.4, 0.5) is 14.7 Å². The van der Waals surface area contributed by atoms with Gasteiger partial charge in [0.25, 0.3) is 0 Å². The van der Waals surface area contributed by atoms with Crippen molar-refractivity contribution in [1.82, 2.24) is 15.3 Å². The molecule has 2 rings (SSSR count). The standard InChI is InChI=1S/C10H14F2N4O/c11-9(12)17-8-5-14-10(15-6-8)16-7-1-3-13-4-2-7/h5-7,9,13H,1-4H2,(H,14,15,16). The maximum atomic E-state index is 11.9. The van der Waals surface area contributed by atoms with Gasteiger partial charge in [-0.15, -0.1) is 0 Å². The lowest BCUT2D eigenvalue weighted by Crippen LogP contribution is -2.35. The van der Waals surface area contributed by atoms with E-state index in [0.717, 1.165) is 25.9 Å². The van der Waals surface area contributed by atoms with E-state index >= 15 is 0 Å². The molecule has 17 heavy (non-hydrogen) atoms. The minimum atomic E-state index is -2.85. The van der Waals surface area contributed by atoms with E-state index in [2.05, 4.69) is 25.3 Å². The molecule has 1 aliphatic heterocycles. The van der Waals surface area contributed by atoms with Crippen LogP contribution in [0.5, 0.6) is 5.75 Å². The quantitative estimate of drug-likeness (QED) is 0.834. The van der Waals surface area contributed by atoms with Gasteiger partial charge in [-0.05, 0) is 25.9 Å². The molecule has 0 amide bonds. The Labute approximate surface area is 97.6 Å². The topological polar surface area (TPSA) is 59.1 Å². The van der Waals surface area contributed by atoms with Gasteiger partial charge < -0.3 is 15.4 Å². The molecule has 1 aromatic heterocycles. The van der Waals surface area contributed by atoms with Gasteiger partial charge in [0.1, 0.15) is 0 Å². The molecule has 2 N–H and O–H groups in total. The third-order valence-electron chi connectivity index (χ3n) is 2.53. The SMILES string of the molecule is FC(F)Oc1cnc(NC2CCNCC2)nc1. The van der Waals surface area contributed by atoms with Gasteiger partial charge in [-0.25, -0.2) is 9.97 Å². The number of hydrogen-bond acceptors (Lipinski definition) is 5. The number of anilines is 1. The fraction of sp³-hybridized carbons (Fsp3) is 0.600. The van der Waals surface area contributed by atoms with Gasteiger partial charge in [-0.1, -0.05) is 0 Å². The molecule has 0 aliphatic carbocycles. The second-order valence-electron chi connectivity index (χ2n) is 3.79. The maximum absolute atomic E-state index is 11.9. The summed E-state index contributed by atoms with van der Waals surface area (Å²) in [5.41, 5.74) is 0. The fourth-order valence-corrected chi connectivity index (χ4v) is 1.70. The minimum absolute atomic E-state index is 0.0316. The smallest absolute Gasteiger partial charge is 0.387 e. The van der Waals surface area contributed by atoms with E-state index in [-0.39, 0.29) is 5.75 Å². The van der Waals surface area contributed by atoms with Crippen molar-refractivity contribution in [1.29, 1.82) is 0 Å². The van der Waals surface area contributed by atoms with Crippen LogP contribution in [0.15, 0.2) is 12.4 Å². The second kappa shape index (κ2) is 5.72. The van der Waals surface area contributed by atoms with Crippen LogP contribution in [0.3, 0.4) is 0 Å². The third-order valence-corrected chi connectivity index (χ3v) is 2.53. The summed E-state index contributed by atoms with van der Waals surface area (Å²) >= 11 is 0. The van der Waals surface area contributed by atoms with E-state index in [4.69, 9.17) is 0 Å². The van der Waals surface area contributed by atoms with Crippen LogP contribution in [0.25, 0.3) is 0 Å². The first-order valence-electron chi connectivity index (χ1n) is 5.48. The van der Waals surface area contributed by atoms with E-state index in [1.807, 2.05) is 0 Å². The number of piperidine rings is 1. The second-order valence-corrected chi connectivity index (χ2v) is 3.79. The molecule has 0 radical (unpaired) electrons. The minimum Gasteiger partial charge on any atom is -0.432 e. The van der Waals surface area contributed by atoms with Gasteiger partial charge in [-0.2, -0.15) is 8.78 Å². The van der Waals surface area contributed by atoms with Crippen LogP contribution in [0, 0.1) is 0 Å². The Balaban J connectivity index is 1.88. The number of ether oxygens (including phenoxy) is 1. The van der Waals surface area contributed by atoms with Gasteiger partial charge in [0.15, 0.2) is 5.75 Å². The van der Waals surface area contributed by atoms with Gasteiger partial charge in [0.05, 0.1) is 12.4 Å². The van der Waals surface area contributed by atoms with Gasteiger partial charge in [0, 0.05) is 6.04 Å². The van der Waals surface area contributed by atoms with E-state index in [1.165, 1.54) is 12.4 Å². The fourth-order valence-electron chi connectivity index (χ4n) is 1.70. The first-order chi connectivity index (χ1) is 8.24. The molecule has 0 spiro atoms. The Morgan fingerprint density at radius 2 is 1.94 bits per heavy atom. The number of halogens is 2. The molecule has 0 atom stereocenters. The average molecular weight is 244 g/mol. The highest BCUT2D eigenvalue weighted by molar-refractivity contribution is 5.28. The molecule has 7 heteroatoms. The first-order valence-corrected chi connectivity index (χ1v) is 5.48. The van der Waals surface area contributed by atoms with Crippen LogP contribution in [0.1, 0.15) is 12.8 Å². The largest absolute Gasteiger partial charge is 0.432 e. The summed E-state index contributed by atoms with van der Waals surface area (Å²) in [5.74, 6) is 0.411. The van der Waals surface area contributed by atoms with Gasteiger partial charge in [0.2, 0.25) is 5.95 Å². The lowest BCUT2D eigenvalue weighted by atomic mass is 10.1. The molecule has 94 valence electrons. The van der Waals surface area contributed by atoms with Crippen molar-refractivity contribution in [3.8, 4) is 5.75 Å². The van der Waals surface area contributed by atoms with Gasteiger partial charge in [-0.3, -0.25) is 0 Å². The zero-order chi connectivity index (χ0) is 12.1. The summed E-state index contributed by atoms with van der Waals surface area (Å²) in [6.45, 7) is -0.920. The Kier molecular flexibility index (Phi) is 4.03. The monoisotopic (exact) mass is 244 g/mol. The normalized spacial score (nSPS) is 17.1. The van der Waals surface area contributed by atoms with Crippen LogP contribution in [-0.4, -0.2) is 35.7 Å². The zero-order valence-corrected chi connectivity index (χ0v) is 9.20. The Bertz CT molecular complexity index is 341. The highest BCUT2D eigenvalue weighted by atomic mass is 19.3. The van der Waals surface area contributed by atoms with Crippen molar-refractivity contribution in [3.05, 3.63) is 12.4 Å². The number of rotatable bonds is 4. The lowest BCUT2D eigenvalue weighted by Gasteiger charge is -2.23. The molecule has 1 aromatic rings. The molecule has 0 saturated carbocycles. The number of hydrogen-bond donors (Lipinski definition) is 2. The van der Waals surface area contributed by atoms with E-state index in [0.29, 0.717) is 12.0 Å². The van der Waals surface area contributed by atoms with Crippen molar-refractivity contribution < 1.29 is 13.5 Å². The molecule has 1 aliphatic rings. The molecule has 2 heterocycles. The van der Waals surface area contributed by atoms with Crippen molar-refractivity contribution in [2.45, 2.75) is 25.5 Å². The number of nitrogens with one attached hydrogen (secondary N) is 2. The highest BCUT2D eigenvalue weighted by Crippen LogP contribution is 2.13. The highest BCUT2D eigenvalue weighted by Gasteiger charge is 2.13. The van der Waals surface area contributed by atoms with Crippen molar-refractivity contribution in [3.63, 3.8) is 0 Å². The summed E-state index contributed by atoms with van der Waals surface area (Å²) < 4.78 is 27.9. The average Bonchev–Trinajstić information content (AvgIpc) is 2.32. The van der Waals surface area contributed by atoms with E-state index < -0.39 is 6.61 Å².